The average Bonchev–Trinajstić information content (AvgIpc) is 3.19. The summed E-state index contributed by atoms with van der Waals surface area (Å²) in [7, 11) is -3.46. The second-order valence-corrected chi connectivity index (χ2v) is 9.77. The van der Waals surface area contributed by atoms with E-state index in [9.17, 15) is 8.42 Å². The molecule has 1 aliphatic rings. The van der Waals surface area contributed by atoms with Gasteiger partial charge in [0.1, 0.15) is 5.69 Å². The third-order valence-electron chi connectivity index (χ3n) is 4.38. The van der Waals surface area contributed by atoms with Crippen LogP contribution in [0.5, 0.6) is 0 Å². The minimum absolute atomic E-state index is 0.325. The van der Waals surface area contributed by atoms with Gasteiger partial charge in [0, 0.05) is 42.2 Å². The van der Waals surface area contributed by atoms with Crippen molar-refractivity contribution in [1.82, 2.24) is 14.3 Å². The van der Waals surface area contributed by atoms with Gasteiger partial charge in [-0.05, 0) is 36.4 Å². The summed E-state index contributed by atoms with van der Waals surface area (Å²) >= 11 is 4.89. The molecule has 3 heterocycles. The molecule has 0 unspecified atom stereocenters. The number of hydrogen-bond donors (Lipinski definition) is 0. The Morgan fingerprint density at radius 2 is 1.70 bits per heavy atom. The van der Waals surface area contributed by atoms with Crippen LogP contribution in [-0.4, -0.2) is 48.9 Å². The first-order chi connectivity index (χ1) is 13.0. The molecule has 0 amide bonds. The smallest absolute Gasteiger partial charge is 0.243 e. The number of nitrogens with zero attached hydrogens (tertiary/aromatic N) is 4. The van der Waals surface area contributed by atoms with Crippen molar-refractivity contribution in [3.63, 3.8) is 0 Å². The van der Waals surface area contributed by atoms with Crippen molar-refractivity contribution in [3.8, 4) is 11.4 Å². The topological polar surface area (TPSA) is 66.4 Å². The molecule has 0 spiro atoms. The van der Waals surface area contributed by atoms with Gasteiger partial charge in [-0.15, -0.1) is 11.3 Å². The van der Waals surface area contributed by atoms with Crippen LogP contribution >= 0.6 is 27.3 Å². The first-order valence-corrected chi connectivity index (χ1v) is 11.5. The van der Waals surface area contributed by atoms with Crippen LogP contribution in [0.15, 0.2) is 63.4 Å². The highest BCUT2D eigenvalue weighted by Gasteiger charge is 2.29. The molecule has 1 saturated heterocycles. The van der Waals surface area contributed by atoms with Crippen molar-refractivity contribution in [3.05, 3.63) is 58.5 Å². The average molecular weight is 465 g/mol. The zero-order valence-electron chi connectivity index (χ0n) is 14.3. The van der Waals surface area contributed by atoms with E-state index in [4.69, 9.17) is 0 Å². The van der Waals surface area contributed by atoms with Gasteiger partial charge in [-0.3, -0.25) is 4.98 Å². The first-order valence-electron chi connectivity index (χ1n) is 8.42. The van der Waals surface area contributed by atoms with Crippen molar-refractivity contribution >= 4 is 42.4 Å². The Morgan fingerprint density at radius 1 is 0.963 bits per heavy atom. The molecule has 2 aromatic heterocycles. The number of anilines is 1. The molecule has 0 bridgehead atoms. The lowest BCUT2D eigenvalue weighted by Gasteiger charge is -2.33. The molecule has 0 atom stereocenters. The van der Waals surface area contributed by atoms with Crippen molar-refractivity contribution in [2.75, 3.05) is 31.1 Å². The fraction of sp³-hybridized carbons (Fsp3) is 0.222. The number of hydrogen-bond acceptors (Lipinski definition) is 6. The molecule has 4 rings (SSSR count). The molecule has 6 nitrogen and oxygen atoms in total. The Labute approximate surface area is 170 Å². The van der Waals surface area contributed by atoms with Crippen LogP contribution < -0.4 is 4.90 Å². The Balaban J connectivity index is 1.45. The van der Waals surface area contributed by atoms with Crippen LogP contribution in [0.4, 0.5) is 5.13 Å². The van der Waals surface area contributed by atoms with E-state index in [0.29, 0.717) is 31.1 Å². The summed E-state index contributed by atoms with van der Waals surface area (Å²) < 4.78 is 28.0. The summed E-state index contributed by atoms with van der Waals surface area (Å²) in [6.07, 6.45) is 1.75. The largest absolute Gasteiger partial charge is 0.345 e. The van der Waals surface area contributed by atoms with E-state index in [2.05, 4.69) is 30.8 Å². The van der Waals surface area contributed by atoms with E-state index in [1.165, 1.54) is 0 Å². The number of aromatic nitrogens is 2. The Kier molecular flexibility index (Phi) is 5.27. The molecule has 27 heavy (non-hydrogen) atoms. The lowest BCUT2D eigenvalue weighted by molar-refractivity contribution is 0.385. The molecule has 3 aromatic rings. The van der Waals surface area contributed by atoms with Crippen LogP contribution in [0.3, 0.4) is 0 Å². The highest BCUT2D eigenvalue weighted by molar-refractivity contribution is 9.10. The van der Waals surface area contributed by atoms with Crippen molar-refractivity contribution < 1.29 is 8.42 Å². The third kappa shape index (κ3) is 3.91. The summed E-state index contributed by atoms with van der Waals surface area (Å²) in [5.74, 6) is 0. The van der Waals surface area contributed by atoms with Gasteiger partial charge in [0.25, 0.3) is 0 Å². The maximum Gasteiger partial charge on any atom is 0.243 e. The maximum atomic E-state index is 12.8. The Hall–Kier alpha value is -1.81. The number of pyridine rings is 1. The van der Waals surface area contributed by atoms with Crippen LogP contribution in [-0.2, 0) is 10.0 Å². The quantitative estimate of drug-likeness (QED) is 0.591. The zero-order chi connectivity index (χ0) is 18.9. The number of benzene rings is 1. The Morgan fingerprint density at radius 3 is 2.37 bits per heavy atom. The van der Waals surface area contributed by atoms with Gasteiger partial charge in [0.15, 0.2) is 5.13 Å². The molecule has 9 heteroatoms. The van der Waals surface area contributed by atoms with Gasteiger partial charge in [0.05, 0.1) is 10.6 Å². The predicted molar refractivity (Wildman–Crippen MR) is 110 cm³/mol. The lowest BCUT2D eigenvalue weighted by Crippen LogP contribution is -2.48. The molecule has 1 fully saturated rings. The SMILES string of the molecule is O=S(=O)(c1ccc(Br)cc1)N1CCN(c2nc(-c3ccccn3)cs2)CC1. The first kappa shape index (κ1) is 18.5. The minimum Gasteiger partial charge on any atom is -0.345 e. The number of piperazine rings is 1. The van der Waals surface area contributed by atoms with Gasteiger partial charge in [-0.25, -0.2) is 13.4 Å². The predicted octanol–water partition coefficient (Wildman–Crippen LogP) is 3.48. The van der Waals surface area contributed by atoms with E-state index in [1.807, 2.05) is 23.6 Å². The number of halogens is 1. The second kappa shape index (κ2) is 7.67. The molecule has 0 saturated carbocycles. The summed E-state index contributed by atoms with van der Waals surface area (Å²) in [5, 5.41) is 2.89. The summed E-state index contributed by atoms with van der Waals surface area (Å²) in [6.45, 7) is 2.11. The van der Waals surface area contributed by atoms with Crippen LogP contribution in [0, 0.1) is 0 Å². The summed E-state index contributed by atoms with van der Waals surface area (Å²) in [6, 6.07) is 12.5. The van der Waals surface area contributed by atoms with Crippen molar-refractivity contribution in [2.45, 2.75) is 4.90 Å². The third-order valence-corrected chi connectivity index (χ3v) is 7.72. The molecule has 0 aliphatic carbocycles. The number of rotatable bonds is 4. The van der Waals surface area contributed by atoms with Gasteiger partial charge in [-0.2, -0.15) is 4.31 Å². The molecular formula is C18H17BrN4O2S2. The van der Waals surface area contributed by atoms with E-state index in [-0.39, 0.29) is 0 Å². The van der Waals surface area contributed by atoms with E-state index >= 15 is 0 Å². The van der Waals surface area contributed by atoms with Gasteiger partial charge in [-0.1, -0.05) is 22.0 Å². The molecule has 0 radical (unpaired) electrons. The molecule has 0 N–H and O–H groups in total. The summed E-state index contributed by atoms with van der Waals surface area (Å²) in [5.41, 5.74) is 1.69. The standard InChI is InChI=1S/C18H17BrN4O2S2/c19-14-4-6-15(7-5-14)27(24,25)23-11-9-22(10-12-23)18-21-17(13-26-18)16-3-1-2-8-20-16/h1-8,13H,9-12H2. The van der Waals surface area contributed by atoms with Crippen LogP contribution in [0.25, 0.3) is 11.4 Å². The summed E-state index contributed by atoms with van der Waals surface area (Å²) in [4.78, 5) is 11.4. The molecule has 140 valence electrons. The minimum atomic E-state index is -3.46. The van der Waals surface area contributed by atoms with Gasteiger partial charge >= 0.3 is 0 Å². The molecule has 1 aromatic carbocycles. The Bertz CT molecular complexity index is 1020. The monoisotopic (exact) mass is 464 g/mol. The number of sulfonamides is 1. The lowest BCUT2D eigenvalue weighted by atomic mass is 10.3. The number of thiazole rings is 1. The van der Waals surface area contributed by atoms with Gasteiger partial charge < -0.3 is 4.90 Å². The zero-order valence-corrected chi connectivity index (χ0v) is 17.5. The highest BCUT2D eigenvalue weighted by Crippen LogP contribution is 2.28. The van der Waals surface area contributed by atoms with Crippen molar-refractivity contribution in [2.24, 2.45) is 0 Å². The molecular weight excluding hydrogens is 448 g/mol. The fourth-order valence-corrected chi connectivity index (χ4v) is 5.48. The van der Waals surface area contributed by atoms with Gasteiger partial charge in [0.2, 0.25) is 10.0 Å². The van der Waals surface area contributed by atoms with Crippen LogP contribution in [0.2, 0.25) is 0 Å². The normalized spacial score (nSPS) is 15.8. The van der Waals surface area contributed by atoms with Crippen LogP contribution in [0.1, 0.15) is 0 Å². The second-order valence-electron chi connectivity index (χ2n) is 6.08. The van der Waals surface area contributed by atoms with Crippen molar-refractivity contribution in [1.29, 1.82) is 0 Å². The van der Waals surface area contributed by atoms with E-state index < -0.39 is 10.0 Å². The fourth-order valence-electron chi connectivity index (χ4n) is 2.92. The molecule has 1 aliphatic heterocycles. The van der Waals surface area contributed by atoms with E-state index in [0.717, 1.165) is 21.0 Å². The highest BCUT2D eigenvalue weighted by atomic mass is 79.9. The van der Waals surface area contributed by atoms with E-state index in [1.54, 1.807) is 46.1 Å². The maximum absolute atomic E-state index is 12.8.